The largest absolute Gasteiger partial charge is 0.595 e. The third kappa shape index (κ3) is 4.00. The lowest BCUT2D eigenvalue weighted by atomic mass is 10.1. The monoisotopic (exact) mass is 285 g/mol. The summed E-state index contributed by atoms with van der Waals surface area (Å²) in [6.07, 6.45) is 3.02. The molecule has 0 aromatic heterocycles. The van der Waals surface area contributed by atoms with Crippen LogP contribution in [0.2, 0.25) is 0 Å². The van der Waals surface area contributed by atoms with Crippen LogP contribution in [0.15, 0.2) is 54.6 Å². The number of methoxy groups -OCH3 is 1. The third-order valence-electron chi connectivity index (χ3n) is 2.94. The molecule has 0 spiro atoms. The van der Waals surface area contributed by atoms with Crippen LogP contribution < -0.4 is 9.96 Å². The second-order valence-electron chi connectivity index (χ2n) is 4.36. The second-order valence-corrected chi connectivity index (χ2v) is 4.36. The van der Waals surface area contributed by atoms with E-state index in [1.807, 2.05) is 0 Å². The molecule has 0 radical (unpaired) electrons. The van der Waals surface area contributed by atoms with Crippen LogP contribution in [0.3, 0.4) is 0 Å². The quantitative estimate of drug-likeness (QED) is 0.500. The van der Waals surface area contributed by atoms with Crippen LogP contribution in [0.4, 0.5) is 5.69 Å². The highest BCUT2D eigenvalue weighted by atomic mass is 16.8. The Kier molecular flexibility index (Phi) is 4.84. The predicted molar refractivity (Wildman–Crippen MR) is 78.6 cm³/mol. The van der Waals surface area contributed by atoms with Gasteiger partial charge in [0, 0.05) is 17.7 Å². The van der Waals surface area contributed by atoms with Crippen molar-refractivity contribution in [3.05, 3.63) is 70.9 Å². The van der Waals surface area contributed by atoms with Gasteiger partial charge in [-0.1, -0.05) is 18.2 Å². The zero-order valence-corrected chi connectivity index (χ0v) is 11.4. The average Bonchev–Trinajstić information content (AvgIpc) is 2.53. The lowest BCUT2D eigenvalue weighted by molar-refractivity contribution is -0.991. The van der Waals surface area contributed by atoms with E-state index in [0.29, 0.717) is 16.9 Å². The van der Waals surface area contributed by atoms with Gasteiger partial charge in [0.2, 0.25) is 0 Å². The van der Waals surface area contributed by atoms with E-state index in [2.05, 4.69) is 0 Å². The number of nitrogens with one attached hydrogen (secondary N) is 1. The first-order valence-electron chi connectivity index (χ1n) is 6.30. The number of rotatable bonds is 5. The summed E-state index contributed by atoms with van der Waals surface area (Å²) in [5.41, 5.74) is 1.40. The fourth-order valence-electron chi connectivity index (χ4n) is 1.80. The topological polar surface area (TPSA) is 74.0 Å². The van der Waals surface area contributed by atoms with Crippen molar-refractivity contribution in [2.75, 3.05) is 7.11 Å². The number of hydrogen-bond acceptors (Lipinski definition) is 4. The maximum Gasteiger partial charge on any atom is 0.185 e. The SMILES string of the molecule is COc1ccc(C(=O)C=Cc2cccc([NH+]([O-])O)c2)cc1. The van der Waals surface area contributed by atoms with Gasteiger partial charge in [0.05, 0.1) is 7.11 Å². The van der Waals surface area contributed by atoms with Gasteiger partial charge < -0.3 is 9.94 Å². The molecule has 0 saturated carbocycles. The highest BCUT2D eigenvalue weighted by Gasteiger charge is 2.03. The Morgan fingerprint density at radius 1 is 1.24 bits per heavy atom. The number of allylic oxidation sites excluding steroid dienone is 1. The van der Waals surface area contributed by atoms with Crippen molar-refractivity contribution in [1.82, 2.24) is 0 Å². The fourth-order valence-corrected chi connectivity index (χ4v) is 1.80. The smallest absolute Gasteiger partial charge is 0.185 e. The number of quaternary nitrogens is 1. The van der Waals surface area contributed by atoms with E-state index in [9.17, 15) is 10.0 Å². The first kappa shape index (κ1) is 14.9. The maximum absolute atomic E-state index is 12.0. The molecule has 0 aliphatic carbocycles. The molecule has 2 N–H and O–H groups in total. The molecule has 0 amide bonds. The Balaban J connectivity index is 2.12. The van der Waals surface area contributed by atoms with Crippen molar-refractivity contribution in [3.63, 3.8) is 0 Å². The molecular weight excluding hydrogens is 270 g/mol. The maximum atomic E-state index is 12.0. The molecule has 108 valence electrons. The van der Waals surface area contributed by atoms with Crippen LogP contribution in [0.25, 0.3) is 6.08 Å². The summed E-state index contributed by atoms with van der Waals surface area (Å²) < 4.78 is 5.03. The predicted octanol–water partition coefficient (Wildman–Crippen LogP) is 1.99. The Morgan fingerprint density at radius 3 is 2.57 bits per heavy atom. The van der Waals surface area contributed by atoms with E-state index >= 15 is 0 Å². The highest BCUT2D eigenvalue weighted by molar-refractivity contribution is 6.06. The molecule has 0 fully saturated rings. The van der Waals surface area contributed by atoms with Crippen LogP contribution in [0.5, 0.6) is 5.75 Å². The van der Waals surface area contributed by atoms with Crippen molar-refractivity contribution in [2.24, 2.45) is 0 Å². The van der Waals surface area contributed by atoms with Gasteiger partial charge in [-0.05, 0) is 35.9 Å². The van der Waals surface area contributed by atoms with Crippen molar-refractivity contribution < 1.29 is 20.0 Å². The van der Waals surface area contributed by atoms with Crippen LogP contribution in [-0.4, -0.2) is 18.1 Å². The first-order chi connectivity index (χ1) is 10.1. The van der Waals surface area contributed by atoms with E-state index in [0.717, 1.165) is 0 Å². The summed E-state index contributed by atoms with van der Waals surface area (Å²) in [6.45, 7) is 0. The number of hydrogen-bond donors (Lipinski definition) is 2. The van der Waals surface area contributed by atoms with Gasteiger partial charge in [0.1, 0.15) is 5.75 Å². The fraction of sp³-hybridized carbons (Fsp3) is 0.0625. The molecule has 0 heterocycles. The van der Waals surface area contributed by atoms with E-state index in [4.69, 9.17) is 9.94 Å². The molecule has 5 nitrogen and oxygen atoms in total. The molecular formula is C16H15NO4. The molecule has 2 aromatic carbocycles. The van der Waals surface area contributed by atoms with Crippen LogP contribution >= 0.6 is 0 Å². The molecule has 5 heteroatoms. The van der Waals surface area contributed by atoms with E-state index in [-0.39, 0.29) is 11.5 Å². The van der Waals surface area contributed by atoms with E-state index < -0.39 is 5.23 Å². The summed E-state index contributed by atoms with van der Waals surface area (Å²) in [6, 6.07) is 13.2. The lowest BCUT2D eigenvalue weighted by Crippen LogP contribution is -2.99. The Hall–Kier alpha value is -2.47. The zero-order chi connectivity index (χ0) is 15.2. The first-order valence-corrected chi connectivity index (χ1v) is 6.30. The van der Waals surface area contributed by atoms with Gasteiger partial charge in [0.25, 0.3) is 0 Å². The molecule has 21 heavy (non-hydrogen) atoms. The molecule has 1 unspecified atom stereocenters. The summed E-state index contributed by atoms with van der Waals surface area (Å²) in [7, 11) is 1.56. The van der Waals surface area contributed by atoms with Gasteiger partial charge in [-0.15, -0.1) is 0 Å². The molecule has 0 aliphatic heterocycles. The van der Waals surface area contributed by atoms with Crippen LogP contribution in [0, 0.1) is 5.21 Å². The van der Waals surface area contributed by atoms with Gasteiger partial charge in [-0.2, -0.15) is 5.23 Å². The number of ether oxygens (including phenoxy) is 1. The molecule has 2 aromatic rings. The van der Waals surface area contributed by atoms with E-state index in [1.165, 1.54) is 18.2 Å². The Morgan fingerprint density at radius 2 is 1.95 bits per heavy atom. The molecule has 0 saturated heterocycles. The Bertz CT molecular complexity index is 648. The minimum absolute atomic E-state index is 0.154. The normalized spacial score (nSPS) is 12.3. The van der Waals surface area contributed by atoms with Gasteiger partial charge in [-0.25, -0.2) is 5.21 Å². The van der Waals surface area contributed by atoms with E-state index in [1.54, 1.807) is 49.6 Å². The number of carbonyl (C=O) groups is 1. The average molecular weight is 285 g/mol. The van der Waals surface area contributed by atoms with Gasteiger partial charge in [0.15, 0.2) is 11.5 Å². The Labute approximate surface area is 122 Å². The van der Waals surface area contributed by atoms with Crippen molar-refractivity contribution in [2.45, 2.75) is 0 Å². The summed E-state index contributed by atoms with van der Waals surface area (Å²) in [5.74, 6) is 0.531. The van der Waals surface area contributed by atoms with Crippen molar-refractivity contribution in [3.8, 4) is 5.75 Å². The summed E-state index contributed by atoms with van der Waals surface area (Å²) in [5, 5.41) is 18.8. The summed E-state index contributed by atoms with van der Waals surface area (Å²) in [4.78, 5) is 12.0. The minimum Gasteiger partial charge on any atom is -0.595 e. The van der Waals surface area contributed by atoms with Crippen LogP contribution in [-0.2, 0) is 0 Å². The number of benzene rings is 2. The van der Waals surface area contributed by atoms with Crippen LogP contribution in [0.1, 0.15) is 15.9 Å². The molecule has 2 rings (SSSR count). The molecule has 1 atom stereocenters. The molecule has 0 bridgehead atoms. The third-order valence-corrected chi connectivity index (χ3v) is 2.94. The van der Waals surface area contributed by atoms with Gasteiger partial charge in [-0.3, -0.25) is 4.79 Å². The number of carbonyl (C=O) groups excluding carboxylic acids is 1. The summed E-state index contributed by atoms with van der Waals surface area (Å²) >= 11 is 0. The highest BCUT2D eigenvalue weighted by Crippen LogP contribution is 2.13. The van der Waals surface area contributed by atoms with Crippen molar-refractivity contribution >= 4 is 17.5 Å². The zero-order valence-electron chi connectivity index (χ0n) is 11.4. The minimum atomic E-state index is -0.994. The number of ketones is 1. The van der Waals surface area contributed by atoms with Crippen molar-refractivity contribution in [1.29, 1.82) is 0 Å². The molecule has 0 aliphatic rings. The van der Waals surface area contributed by atoms with Gasteiger partial charge >= 0.3 is 0 Å². The lowest BCUT2D eigenvalue weighted by Gasteiger charge is -2.11. The second kappa shape index (κ2) is 6.81. The standard InChI is InChI=1S/C16H15NO4/c1-21-15-8-6-13(7-9-15)16(18)10-5-12-3-2-4-14(11-12)17(19)20/h2-11,17,19H,1H3.